The maximum Gasteiger partial charge on any atom is 0.134 e. The summed E-state index contributed by atoms with van der Waals surface area (Å²) in [5, 5.41) is 3.42. The van der Waals surface area contributed by atoms with Crippen LogP contribution in [-0.4, -0.2) is 35.1 Å². The first-order valence-electron chi connectivity index (χ1n) is 7.21. The van der Waals surface area contributed by atoms with Gasteiger partial charge >= 0.3 is 0 Å². The number of aryl methyl sites for hydroxylation is 1. The molecule has 1 aromatic rings. The molecule has 3 N–H and O–H groups in total. The normalized spacial score (nSPS) is 18.4. The molecule has 0 bridgehead atoms. The summed E-state index contributed by atoms with van der Waals surface area (Å²) >= 11 is 0. The van der Waals surface area contributed by atoms with Crippen molar-refractivity contribution in [2.24, 2.45) is 5.73 Å². The molecule has 19 heavy (non-hydrogen) atoms. The van der Waals surface area contributed by atoms with Crippen LogP contribution in [0.15, 0.2) is 6.07 Å². The maximum atomic E-state index is 5.95. The van der Waals surface area contributed by atoms with Gasteiger partial charge in [0.05, 0.1) is 0 Å². The zero-order valence-corrected chi connectivity index (χ0v) is 12.2. The van der Waals surface area contributed by atoms with Gasteiger partial charge in [0.15, 0.2) is 0 Å². The summed E-state index contributed by atoms with van der Waals surface area (Å²) in [4.78, 5) is 11.3. The van der Waals surface area contributed by atoms with E-state index in [0.717, 1.165) is 49.8 Å². The topological polar surface area (TPSA) is 67.1 Å². The number of aromatic nitrogens is 2. The van der Waals surface area contributed by atoms with Crippen molar-refractivity contribution in [1.82, 2.24) is 9.97 Å². The third-order valence-electron chi connectivity index (χ3n) is 3.69. The fourth-order valence-corrected chi connectivity index (χ4v) is 2.27. The van der Waals surface area contributed by atoms with E-state index in [4.69, 9.17) is 5.73 Å². The van der Waals surface area contributed by atoms with Gasteiger partial charge in [-0.05, 0) is 33.1 Å². The fraction of sp³-hybridized carbons (Fsp3) is 0.714. The first kappa shape index (κ1) is 14.1. The van der Waals surface area contributed by atoms with E-state index in [1.54, 1.807) is 0 Å². The Morgan fingerprint density at radius 1 is 1.42 bits per heavy atom. The van der Waals surface area contributed by atoms with Crippen LogP contribution < -0.4 is 16.0 Å². The van der Waals surface area contributed by atoms with E-state index in [0.29, 0.717) is 12.1 Å². The maximum absolute atomic E-state index is 5.95. The molecule has 1 aliphatic heterocycles. The van der Waals surface area contributed by atoms with Gasteiger partial charge in [0, 0.05) is 31.2 Å². The summed E-state index contributed by atoms with van der Waals surface area (Å²) < 4.78 is 0. The third kappa shape index (κ3) is 3.80. The number of rotatable bonds is 4. The van der Waals surface area contributed by atoms with Crippen molar-refractivity contribution in [3.05, 3.63) is 11.9 Å². The summed E-state index contributed by atoms with van der Waals surface area (Å²) in [5.74, 6) is 2.76. The molecule has 1 saturated heterocycles. The van der Waals surface area contributed by atoms with Gasteiger partial charge in [0.2, 0.25) is 0 Å². The second kappa shape index (κ2) is 6.19. The van der Waals surface area contributed by atoms with Gasteiger partial charge in [-0.3, -0.25) is 0 Å². The van der Waals surface area contributed by atoms with Crippen LogP contribution in [0.25, 0.3) is 0 Å². The molecule has 0 aromatic carbocycles. The zero-order chi connectivity index (χ0) is 13.8. The summed E-state index contributed by atoms with van der Waals surface area (Å²) in [5.41, 5.74) is 5.95. The molecule has 1 unspecified atom stereocenters. The Hall–Kier alpha value is -1.36. The van der Waals surface area contributed by atoms with Crippen LogP contribution in [-0.2, 0) is 0 Å². The molecule has 0 amide bonds. The Kier molecular flexibility index (Phi) is 4.58. The SMILES string of the molecule is CCC(C)Nc1cc(N2CCC(N)CC2)nc(C)n1. The highest BCUT2D eigenvalue weighted by atomic mass is 15.2. The molecular weight excluding hydrogens is 238 g/mol. The van der Waals surface area contributed by atoms with Gasteiger partial charge in [-0.25, -0.2) is 9.97 Å². The molecule has 2 rings (SSSR count). The largest absolute Gasteiger partial charge is 0.367 e. The minimum atomic E-state index is 0.344. The van der Waals surface area contributed by atoms with E-state index in [2.05, 4.69) is 40.1 Å². The number of piperidine rings is 1. The van der Waals surface area contributed by atoms with E-state index in [9.17, 15) is 0 Å². The van der Waals surface area contributed by atoms with Crippen LogP contribution in [0, 0.1) is 6.92 Å². The molecule has 0 spiro atoms. The van der Waals surface area contributed by atoms with Crippen LogP contribution in [0.2, 0.25) is 0 Å². The minimum Gasteiger partial charge on any atom is -0.367 e. The van der Waals surface area contributed by atoms with E-state index < -0.39 is 0 Å². The monoisotopic (exact) mass is 263 g/mol. The molecule has 1 aromatic heterocycles. The van der Waals surface area contributed by atoms with E-state index >= 15 is 0 Å². The Labute approximate surface area is 115 Å². The Morgan fingerprint density at radius 3 is 2.74 bits per heavy atom. The lowest BCUT2D eigenvalue weighted by atomic mass is 10.1. The van der Waals surface area contributed by atoms with Crippen molar-refractivity contribution >= 4 is 11.6 Å². The van der Waals surface area contributed by atoms with E-state index in [1.165, 1.54) is 0 Å². The average Bonchev–Trinajstić information content (AvgIpc) is 2.38. The van der Waals surface area contributed by atoms with Gasteiger partial charge in [-0.2, -0.15) is 0 Å². The molecule has 106 valence electrons. The quantitative estimate of drug-likeness (QED) is 0.868. The number of nitrogens with one attached hydrogen (secondary N) is 1. The lowest BCUT2D eigenvalue weighted by Crippen LogP contribution is -2.40. The Balaban J connectivity index is 2.12. The van der Waals surface area contributed by atoms with Crippen molar-refractivity contribution < 1.29 is 0 Å². The molecule has 1 atom stereocenters. The van der Waals surface area contributed by atoms with Gasteiger partial charge in [-0.1, -0.05) is 6.92 Å². The Morgan fingerprint density at radius 2 is 2.11 bits per heavy atom. The molecule has 1 aliphatic rings. The molecule has 2 heterocycles. The molecule has 0 aliphatic carbocycles. The molecule has 0 saturated carbocycles. The smallest absolute Gasteiger partial charge is 0.134 e. The minimum absolute atomic E-state index is 0.344. The van der Waals surface area contributed by atoms with Crippen molar-refractivity contribution in [2.45, 2.75) is 52.1 Å². The van der Waals surface area contributed by atoms with Crippen LogP contribution in [0.3, 0.4) is 0 Å². The predicted molar refractivity (Wildman–Crippen MR) is 79.6 cm³/mol. The highest BCUT2D eigenvalue weighted by Gasteiger charge is 2.18. The van der Waals surface area contributed by atoms with Gasteiger partial charge in [0.1, 0.15) is 17.5 Å². The van der Waals surface area contributed by atoms with Crippen LogP contribution in [0.5, 0.6) is 0 Å². The highest BCUT2D eigenvalue weighted by Crippen LogP contribution is 2.20. The van der Waals surface area contributed by atoms with Crippen LogP contribution in [0.1, 0.15) is 38.9 Å². The van der Waals surface area contributed by atoms with Crippen molar-refractivity contribution in [3.8, 4) is 0 Å². The number of hydrogen-bond donors (Lipinski definition) is 2. The van der Waals surface area contributed by atoms with Crippen molar-refractivity contribution in [3.63, 3.8) is 0 Å². The highest BCUT2D eigenvalue weighted by molar-refractivity contribution is 5.50. The fourth-order valence-electron chi connectivity index (χ4n) is 2.27. The van der Waals surface area contributed by atoms with Crippen molar-refractivity contribution in [2.75, 3.05) is 23.3 Å². The van der Waals surface area contributed by atoms with Gasteiger partial charge in [-0.15, -0.1) is 0 Å². The second-order valence-corrected chi connectivity index (χ2v) is 5.44. The van der Waals surface area contributed by atoms with Crippen LogP contribution >= 0.6 is 0 Å². The van der Waals surface area contributed by atoms with Gasteiger partial charge < -0.3 is 16.0 Å². The van der Waals surface area contributed by atoms with Crippen molar-refractivity contribution in [1.29, 1.82) is 0 Å². The summed E-state index contributed by atoms with van der Waals surface area (Å²) in [6.07, 6.45) is 3.16. The lowest BCUT2D eigenvalue weighted by molar-refractivity contribution is 0.498. The molecule has 0 radical (unpaired) electrons. The van der Waals surface area contributed by atoms with Gasteiger partial charge in [0.25, 0.3) is 0 Å². The predicted octanol–water partition coefficient (Wildman–Crippen LogP) is 1.92. The average molecular weight is 263 g/mol. The zero-order valence-electron chi connectivity index (χ0n) is 12.2. The molecule has 5 heteroatoms. The van der Waals surface area contributed by atoms with E-state index in [-0.39, 0.29) is 0 Å². The molecule has 1 fully saturated rings. The number of anilines is 2. The van der Waals surface area contributed by atoms with E-state index in [1.807, 2.05) is 6.92 Å². The second-order valence-electron chi connectivity index (χ2n) is 5.44. The first-order chi connectivity index (χ1) is 9.08. The number of nitrogens with two attached hydrogens (primary N) is 1. The number of hydrogen-bond acceptors (Lipinski definition) is 5. The standard InChI is InChI=1S/C14H25N5/c1-4-10(2)16-13-9-14(18-11(3)17-13)19-7-5-12(15)6-8-19/h9-10,12H,4-8,15H2,1-3H3,(H,16,17,18). The summed E-state index contributed by atoms with van der Waals surface area (Å²) in [7, 11) is 0. The summed E-state index contributed by atoms with van der Waals surface area (Å²) in [6, 6.07) is 2.82. The Bertz CT molecular complexity index is 412. The first-order valence-corrected chi connectivity index (χ1v) is 7.21. The van der Waals surface area contributed by atoms with Crippen LogP contribution in [0.4, 0.5) is 11.6 Å². The molecule has 5 nitrogen and oxygen atoms in total. The summed E-state index contributed by atoms with van der Waals surface area (Å²) in [6.45, 7) is 8.25. The lowest BCUT2D eigenvalue weighted by Gasteiger charge is -2.31. The molecular formula is C14H25N5. The third-order valence-corrected chi connectivity index (χ3v) is 3.69. The number of nitrogens with zero attached hydrogens (tertiary/aromatic N) is 3.